The third kappa shape index (κ3) is 6.09. The monoisotopic (exact) mass is 440 g/mol. The number of carbonyl (C=O) groups is 2. The van der Waals surface area contributed by atoms with Crippen molar-refractivity contribution < 1.29 is 23.5 Å². The first-order chi connectivity index (χ1) is 15.4. The lowest BCUT2D eigenvalue weighted by molar-refractivity contribution is -0.143. The summed E-state index contributed by atoms with van der Waals surface area (Å²) in [5.74, 6) is -0.111. The SMILES string of the molecule is CCCCC1=C(C(=O)OC(C)C)C(c2ccc(OCc3ccc(F)cc3)cc2)NC(=O)N1. The van der Waals surface area contributed by atoms with E-state index in [1.54, 1.807) is 38.1 Å². The van der Waals surface area contributed by atoms with Crippen LogP contribution < -0.4 is 15.4 Å². The molecule has 0 aromatic heterocycles. The van der Waals surface area contributed by atoms with E-state index in [4.69, 9.17) is 9.47 Å². The molecule has 1 aliphatic rings. The molecule has 2 aromatic carbocycles. The van der Waals surface area contributed by atoms with Crippen molar-refractivity contribution in [3.8, 4) is 5.75 Å². The number of carbonyl (C=O) groups excluding carboxylic acids is 2. The van der Waals surface area contributed by atoms with Crippen LogP contribution in [-0.2, 0) is 16.1 Å². The van der Waals surface area contributed by atoms with Gasteiger partial charge in [-0.2, -0.15) is 0 Å². The fraction of sp³-hybridized carbons (Fsp3) is 0.360. The van der Waals surface area contributed by atoms with Crippen LogP contribution in [0.2, 0.25) is 0 Å². The van der Waals surface area contributed by atoms with Crippen LogP contribution in [-0.4, -0.2) is 18.1 Å². The minimum atomic E-state index is -0.618. The summed E-state index contributed by atoms with van der Waals surface area (Å²) in [6, 6.07) is 12.4. The number of unbranched alkanes of at least 4 members (excludes halogenated alkanes) is 1. The van der Waals surface area contributed by atoms with Crippen molar-refractivity contribution in [2.45, 2.75) is 58.8 Å². The number of nitrogens with one attached hydrogen (secondary N) is 2. The van der Waals surface area contributed by atoms with Crippen molar-refractivity contribution in [2.75, 3.05) is 0 Å². The maximum Gasteiger partial charge on any atom is 0.338 e. The number of allylic oxidation sites excluding steroid dienone is 1. The molecule has 2 N–H and O–H groups in total. The van der Waals surface area contributed by atoms with Crippen LogP contribution >= 0.6 is 0 Å². The van der Waals surface area contributed by atoms with Crippen LogP contribution in [0.4, 0.5) is 9.18 Å². The molecule has 1 atom stereocenters. The molecule has 0 bridgehead atoms. The normalized spacial score (nSPS) is 15.9. The van der Waals surface area contributed by atoms with E-state index < -0.39 is 12.0 Å². The van der Waals surface area contributed by atoms with E-state index in [0.29, 0.717) is 30.0 Å². The second-order valence-corrected chi connectivity index (χ2v) is 7.97. The van der Waals surface area contributed by atoms with E-state index in [2.05, 4.69) is 17.6 Å². The molecule has 0 fully saturated rings. The molecule has 1 aliphatic heterocycles. The Bertz CT molecular complexity index is 968. The molecule has 2 amide bonds. The van der Waals surface area contributed by atoms with Gasteiger partial charge in [-0.05, 0) is 62.1 Å². The molecule has 0 saturated heterocycles. The van der Waals surface area contributed by atoms with Gasteiger partial charge >= 0.3 is 12.0 Å². The van der Waals surface area contributed by atoms with E-state index in [1.165, 1.54) is 12.1 Å². The third-order valence-electron chi connectivity index (χ3n) is 5.03. The molecular formula is C25H29FN2O4. The summed E-state index contributed by atoms with van der Waals surface area (Å²) in [7, 11) is 0. The topological polar surface area (TPSA) is 76.7 Å². The summed E-state index contributed by atoms with van der Waals surface area (Å²) in [6.45, 7) is 5.94. The number of ether oxygens (including phenoxy) is 2. The molecule has 0 radical (unpaired) electrons. The molecule has 170 valence electrons. The van der Waals surface area contributed by atoms with Gasteiger partial charge in [0.2, 0.25) is 0 Å². The van der Waals surface area contributed by atoms with Crippen molar-refractivity contribution >= 4 is 12.0 Å². The first-order valence-corrected chi connectivity index (χ1v) is 10.9. The largest absolute Gasteiger partial charge is 0.489 e. The number of rotatable bonds is 9. The van der Waals surface area contributed by atoms with Crippen molar-refractivity contribution in [1.82, 2.24) is 10.6 Å². The molecule has 6 nitrogen and oxygen atoms in total. The Morgan fingerprint density at radius 3 is 2.41 bits per heavy atom. The molecule has 3 rings (SSSR count). The predicted molar refractivity (Wildman–Crippen MR) is 119 cm³/mol. The first-order valence-electron chi connectivity index (χ1n) is 10.9. The van der Waals surface area contributed by atoms with E-state index in [-0.39, 0.29) is 18.0 Å². The summed E-state index contributed by atoms with van der Waals surface area (Å²) in [6.07, 6.45) is 2.09. The Kier molecular flexibility index (Phi) is 7.87. The van der Waals surface area contributed by atoms with E-state index in [1.807, 2.05) is 12.1 Å². The molecular weight excluding hydrogens is 411 g/mol. The quantitative estimate of drug-likeness (QED) is 0.529. The number of amides is 2. The molecule has 0 aliphatic carbocycles. The Morgan fingerprint density at radius 2 is 1.78 bits per heavy atom. The van der Waals surface area contributed by atoms with Crippen LogP contribution in [0.25, 0.3) is 0 Å². The van der Waals surface area contributed by atoms with Gasteiger partial charge < -0.3 is 20.1 Å². The Balaban J connectivity index is 1.81. The van der Waals surface area contributed by atoms with E-state index in [9.17, 15) is 14.0 Å². The van der Waals surface area contributed by atoms with Gasteiger partial charge in [-0.1, -0.05) is 37.6 Å². The van der Waals surface area contributed by atoms with Gasteiger partial charge in [0.15, 0.2) is 0 Å². The van der Waals surface area contributed by atoms with Crippen LogP contribution in [0.5, 0.6) is 5.75 Å². The molecule has 7 heteroatoms. The summed E-state index contributed by atoms with van der Waals surface area (Å²) in [5.41, 5.74) is 2.62. The van der Waals surface area contributed by atoms with Gasteiger partial charge in [-0.15, -0.1) is 0 Å². The highest BCUT2D eigenvalue weighted by atomic mass is 19.1. The molecule has 1 unspecified atom stereocenters. The number of hydrogen-bond acceptors (Lipinski definition) is 4. The lowest BCUT2D eigenvalue weighted by Gasteiger charge is -2.30. The Hall–Kier alpha value is -3.35. The van der Waals surface area contributed by atoms with Crippen LogP contribution in [0.3, 0.4) is 0 Å². The lowest BCUT2D eigenvalue weighted by atomic mass is 9.93. The minimum Gasteiger partial charge on any atom is -0.489 e. The van der Waals surface area contributed by atoms with Crippen LogP contribution in [0.1, 0.15) is 57.2 Å². The second kappa shape index (κ2) is 10.8. The predicted octanol–water partition coefficient (Wildman–Crippen LogP) is 5.15. The highest BCUT2D eigenvalue weighted by Crippen LogP contribution is 2.31. The molecule has 1 heterocycles. The van der Waals surface area contributed by atoms with E-state index in [0.717, 1.165) is 24.0 Å². The van der Waals surface area contributed by atoms with Gasteiger partial charge in [0.25, 0.3) is 0 Å². The zero-order valence-electron chi connectivity index (χ0n) is 18.6. The number of urea groups is 1. The number of hydrogen-bond donors (Lipinski definition) is 2. The first kappa shape index (κ1) is 23.3. The van der Waals surface area contributed by atoms with Gasteiger partial charge in [0.1, 0.15) is 18.2 Å². The summed E-state index contributed by atoms with van der Waals surface area (Å²) >= 11 is 0. The average Bonchev–Trinajstić information content (AvgIpc) is 2.76. The second-order valence-electron chi connectivity index (χ2n) is 7.97. The zero-order chi connectivity index (χ0) is 23.1. The molecule has 0 spiro atoms. The van der Waals surface area contributed by atoms with Crippen LogP contribution in [0, 0.1) is 5.82 Å². The lowest BCUT2D eigenvalue weighted by Crippen LogP contribution is -2.46. The van der Waals surface area contributed by atoms with Crippen LogP contribution in [0.15, 0.2) is 59.8 Å². The molecule has 0 saturated carbocycles. The fourth-order valence-corrected chi connectivity index (χ4v) is 3.44. The highest BCUT2D eigenvalue weighted by Gasteiger charge is 2.33. The van der Waals surface area contributed by atoms with Crippen molar-refractivity contribution in [2.24, 2.45) is 0 Å². The van der Waals surface area contributed by atoms with Crippen molar-refractivity contribution in [3.05, 3.63) is 76.7 Å². The maximum atomic E-state index is 13.0. The Morgan fingerprint density at radius 1 is 1.09 bits per heavy atom. The maximum absolute atomic E-state index is 13.0. The minimum absolute atomic E-state index is 0.275. The van der Waals surface area contributed by atoms with Gasteiger partial charge in [0, 0.05) is 5.70 Å². The Labute approximate surface area is 187 Å². The standard InChI is InChI=1S/C25H29FN2O4/c1-4-5-6-21-22(24(29)32-16(2)3)23(28-25(30)27-21)18-9-13-20(14-10-18)31-15-17-7-11-19(26)12-8-17/h7-14,16,23H,4-6,15H2,1-3H3,(H2,27,28,30). The summed E-state index contributed by atoms with van der Waals surface area (Å²) < 4.78 is 24.3. The van der Waals surface area contributed by atoms with Crippen molar-refractivity contribution in [1.29, 1.82) is 0 Å². The van der Waals surface area contributed by atoms with Crippen molar-refractivity contribution in [3.63, 3.8) is 0 Å². The number of esters is 1. The third-order valence-corrected chi connectivity index (χ3v) is 5.03. The van der Waals surface area contributed by atoms with Gasteiger partial charge in [-0.25, -0.2) is 14.0 Å². The highest BCUT2D eigenvalue weighted by molar-refractivity contribution is 5.95. The molecule has 32 heavy (non-hydrogen) atoms. The van der Waals surface area contributed by atoms with E-state index >= 15 is 0 Å². The average molecular weight is 441 g/mol. The zero-order valence-corrected chi connectivity index (χ0v) is 18.6. The van der Waals surface area contributed by atoms with Gasteiger partial charge in [-0.3, -0.25) is 0 Å². The smallest absolute Gasteiger partial charge is 0.338 e. The molecule has 2 aromatic rings. The number of halogens is 1. The van der Waals surface area contributed by atoms with Gasteiger partial charge in [0.05, 0.1) is 17.7 Å². The summed E-state index contributed by atoms with van der Waals surface area (Å²) in [4.78, 5) is 25.2. The fourth-order valence-electron chi connectivity index (χ4n) is 3.44. The summed E-state index contributed by atoms with van der Waals surface area (Å²) in [5, 5.41) is 5.63. The number of benzene rings is 2.